The first-order chi connectivity index (χ1) is 6.31. The summed E-state index contributed by atoms with van der Waals surface area (Å²) in [7, 11) is 0. The van der Waals surface area contributed by atoms with Gasteiger partial charge in [0.05, 0.1) is 0 Å². The fourth-order valence-electron chi connectivity index (χ4n) is 0.825. The van der Waals surface area contributed by atoms with Crippen LogP contribution >= 0.6 is 11.8 Å². The van der Waals surface area contributed by atoms with Crippen LogP contribution in [0.2, 0.25) is 0 Å². The first kappa shape index (κ1) is 12.6. The molecule has 2 nitrogen and oxygen atoms in total. The number of carbonyl (C=O) groups is 1. The first-order valence-electron chi connectivity index (χ1n) is 4.76. The molecule has 76 valence electrons. The van der Waals surface area contributed by atoms with Crippen LogP contribution in [0.25, 0.3) is 0 Å². The van der Waals surface area contributed by atoms with Gasteiger partial charge in [0, 0.05) is 24.5 Å². The third kappa shape index (κ3) is 9.47. The Morgan fingerprint density at radius 2 is 2.38 bits per heavy atom. The van der Waals surface area contributed by atoms with Gasteiger partial charge >= 0.3 is 0 Å². The predicted molar refractivity (Wildman–Crippen MR) is 60.1 cm³/mol. The molecular weight excluding hydrogens is 182 g/mol. The summed E-state index contributed by atoms with van der Waals surface area (Å²) in [5.74, 6) is 2.00. The normalized spacial score (nSPS) is 9.62. The SMILES string of the molecule is C=CCSCCC(=O)NCCCC. The summed E-state index contributed by atoms with van der Waals surface area (Å²) in [5, 5.41) is 2.88. The molecule has 0 aromatic rings. The summed E-state index contributed by atoms with van der Waals surface area (Å²) in [6.07, 6.45) is 4.69. The standard InChI is InChI=1S/C10H19NOS/c1-3-5-7-11-10(12)6-9-13-8-4-2/h4H,2-3,5-9H2,1H3,(H,11,12). The Labute approximate surface area is 85.2 Å². The van der Waals surface area contributed by atoms with Gasteiger partial charge in [0.25, 0.3) is 0 Å². The number of thioether (sulfide) groups is 1. The Morgan fingerprint density at radius 1 is 1.62 bits per heavy atom. The molecule has 0 unspecified atom stereocenters. The molecule has 0 aliphatic heterocycles. The molecule has 0 spiro atoms. The van der Waals surface area contributed by atoms with E-state index in [1.54, 1.807) is 11.8 Å². The van der Waals surface area contributed by atoms with E-state index in [1.165, 1.54) is 0 Å². The van der Waals surface area contributed by atoms with Gasteiger partial charge < -0.3 is 5.32 Å². The van der Waals surface area contributed by atoms with Crippen molar-refractivity contribution in [2.75, 3.05) is 18.1 Å². The van der Waals surface area contributed by atoms with E-state index in [2.05, 4.69) is 18.8 Å². The van der Waals surface area contributed by atoms with Crippen molar-refractivity contribution in [1.82, 2.24) is 5.32 Å². The Hall–Kier alpha value is -0.440. The molecule has 0 saturated heterocycles. The minimum Gasteiger partial charge on any atom is -0.356 e. The van der Waals surface area contributed by atoms with Crippen molar-refractivity contribution in [2.45, 2.75) is 26.2 Å². The highest BCUT2D eigenvalue weighted by Crippen LogP contribution is 2.01. The summed E-state index contributed by atoms with van der Waals surface area (Å²) in [6.45, 7) is 6.55. The van der Waals surface area contributed by atoms with Gasteiger partial charge in [-0.3, -0.25) is 4.79 Å². The van der Waals surface area contributed by atoms with Crippen LogP contribution in [-0.4, -0.2) is 24.0 Å². The Kier molecular flexibility index (Phi) is 9.32. The molecule has 0 aromatic heterocycles. The molecule has 0 atom stereocenters. The minimum absolute atomic E-state index is 0.171. The third-order valence-corrected chi connectivity index (χ3v) is 2.53. The van der Waals surface area contributed by atoms with Crippen LogP contribution in [0, 0.1) is 0 Å². The molecule has 0 fully saturated rings. The van der Waals surface area contributed by atoms with Crippen LogP contribution in [0.3, 0.4) is 0 Å². The molecule has 0 rings (SSSR count). The van der Waals surface area contributed by atoms with Gasteiger partial charge in [-0.15, -0.1) is 6.58 Å². The zero-order chi connectivity index (χ0) is 9.94. The molecule has 0 aliphatic rings. The zero-order valence-corrected chi connectivity index (χ0v) is 9.16. The lowest BCUT2D eigenvalue weighted by atomic mass is 10.3. The number of nitrogens with one attached hydrogen (secondary N) is 1. The van der Waals surface area contributed by atoms with Crippen molar-refractivity contribution in [1.29, 1.82) is 0 Å². The second-order valence-electron chi connectivity index (χ2n) is 2.82. The molecule has 0 aliphatic carbocycles. The van der Waals surface area contributed by atoms with Crippen molar-refractivity contribution in [3.63, 3.8) is 0 Å². The lowest BCUT2D eigenvalue weighted by molar-refractivity contribution is -0.120. The van der Waals surface area contributed by atoms with E-state index in [0.717, 1.165) is 30.9 Å². The highest BCUT2D eigenvalue weighted by molar-refractivity contribution is 7.99. The van der Waals surface area contributed by atoms with E-state index >= 15 is 0 Å². The molecule has 1 N–H and O–H groups in total. The van der Waals surface area contributed by atoms with Gasteiger partial charge in [-0.2, -0.15) is 11.8 Å². The largest absolute Gasteiger partial charge is 0.356 e. The van der Waals surface area contributed by atoms with Gasteiger partial charge in [0.2, 0.25) is 5.91 Å². The first-order valence-corrected chi connectivity index (χ1v) is 5.92. The van der Waals surface area contributed by atoms with Crippen molar-refractivity contribution < 1.29 is 4.79 Å². The van der Waals surface area contributed by atoms with Gasteiger partial charge in [-0.25, -0.2) is 0 Å². The molecule has 3 heteroatoms. The van der Waals surface area contributed by atoms with Crippen molar-refractivity contribution in [3.8, 4) is 0 Å². The zero-order valence-electron chi connectivity index (χ0n) is 8.34. The van der Waals surface area contributed by atoms with Crippen LogP contribution in [-0.2, 0) is 4.79 Å². The van der Waals surface area contributed by atoms with Gasteiger partial charge in [0.15, 0.2) is 0 Å². The lowest BCUT2D eigenvalue weighted by Gasteiger charge is -2.02. The maximum Gasteiger partial charge on any atom is 0.220 e. The third-order valence-electron chi connectivity index (χ3n) is 1.56. The quantitative estimate of drug-likeness (QED) is 0.482. The summed E-state index contributed by atoms with van der Waals surface area (Å²) in [6, 6.07) is 0. The molecule has 0 heterocycles. The maximum atomic E-state index is 11.1. The highest BCUT2D eigenvalue weighted by atomic mass is 32.2. The Bertz CT molecular complexity index is 148. The average Bonchev–Trinajstić information content (AvgIpc) is 2.13. The number of hydrogen-bond acceptors (Lipinski definition) is 2. The van der Waals surface area contributed by atoms with E-state index < -0.39 is 0 Å². The highest BCUT2D eigenvalue weighted by Gasteiger charge is 1.98. The number of amides is 1. The number of rotatable bonds is 8. The summed E-state index contributed by atoms with van der Waals surface area (Å²) in [5.41, 5.74) is 0. The van der Waals surface area contributed by atoms with E-state index in [4.69, 9.17) is 0 Å². The smallest absolute Gasteiger partial charge is 0.220 e. The molecule has 1 amide bonds. The molecule has 13 heavy (non-hydrogen) atoms. The lowest BCUT2D eigenvalue weighted by Crippen LogP contribution is -2.24. The van der Waals surface area contributed by atoms with E-state index in [-0.39, 0.29) is 5.91 Å². The molecular formula is C10H19NOS. The van der Waals surface area contributed by atoms with E-state index in [0.29, 0.717) is 6.42 Å². The fourth-order valence-corrected chi connectivity index (χ4v) is 1.49. The molecule has 0 bridgehead atoms. The second-order valence-corrected chi connectivity index (χ2v) is 3.97. The summed E-state index contributed by atoms with van der Waals surface area (Å²) >= 11 is 1.74. The average molecular weight is 201 g/mol. The Morgan fingerprint density at radius 3 is 3.00 bits per heavy atom. The number of carbonyl (C=O) groups excluding carboxylic acids is 1. The second kappa shape index (κ2) is 9.65. The molecule has 0 radical (unpaired) electrons. The summed E-state index contributed by atoms with van der Waals surface area (Å²) < 4.78 is 0. The van der Waals surface area contributed by atoms with E-state index in [9.17, 15) is 4.79 Å². The monoisotopic (exact) mass is 201 g/mol. The van der Waals surface area contributed by atoms with E-state index in [1.807, 2.05) is 6.08 Å². The predicted octanol–water partition coefficient (Wildman–Crippen LogP) is 2.21. The Balaban J connectivity index is 3.15. The van der Waals surface area contributed by atoms with Crippen LogP contribution < -0.4 is 5.32 Å². The van der Waals surface area contributed by atoms with Crippen LogP contribution in [0.5, 0.6) is 0 Å². The fraction of sp³-hybridized carbons (Fsp3) is 0.700. The molecule has 0 saturated carbocycles. The van der Waals surface area contributed by atoms with Crippen molar-refractivity contribution in [3.05, 3.63) is 12.7 Å². The van der Waals surface area contributed by atoms with Crippen molar-refractivity contribution >= 4 is 17.7 Å². The van der Waals surface area contributed by atoms with Gasteiger partial charge in [0.1, 0.15) is 0 Å². The van der Waals surface area contributed by atoms with Crippen molar-refractivity contribution in [2.24, 2.45) is 0 Å². The maximum absolute atomic E-state index is 11.1. The van der Waals surface area contributed by atoms with Gasteiger partial charge in [-0.05, 0) is 6.42 Å². The van der Waals surface area contributed by atoms with Crippen LogP contribution in [0.4, 0.5) is 0 Å². The number of hydrogen-bond donors (Lipinski definition) is 1. The molecule has 0 aromatic carbocycles. The number of unbranched alkanes of at least 4 members (excludes halogenated alkanes) is 1. The summed E-state index contributed by atoms with van der Waals surface area (Å²) in [4.78, 5) is 11.1. The minimum atomic E-state index is 0.171. The topological polar surface area (TPSA) is 29.1 Å². The van der Waals surface area contributed by atoms with Crippen LogP contribution in [0.15, 0.2) is 12.7 Å². The van der Waals surface area contributed by atoms with Gasteiger partial charge in [-0.1, -0.05) is 19.4 Å². The van der Waals surface area contributed by atoms with Crippen LogP contribution in [0.1, 0.15) is 26.2 Å².